The molecule has 0 bridgehead atoms. The molecule has 0 radical (unpaired) electrons. The molecule has 1 aromatic carbocycles. The highest BCUT2D eigenvalue weighted by atomic mass is 35.5. The van der Waals surface area contributed by atoms with Crippen LogP contribution in [0, 0.1) is 0 Å². The molecule has 5 heteroatoms. The number of hydrogen-bond donors (Lipinski definition) is 0. The average molecular weight is 334 g/mol. The summed E-state index contributed by atoms with van der Waals surface area (Å²) in [5.41, 5.74) is 0.861. The minimum absolute atomic E-state index is 0.249. The summed E-state index contributed by atoms with van der Waals surface area (Å²) in [7, 11) is 0. The Morgan fingerprint density at radius 1 is 1.00 bits per heavy atom. The molecule has 3 rings (SSSR count). The van der Waals surface area contributed by atoms with Crippen molar-refractivity contribution in [2.75, 3.05) is 0 Å². The minimum atomic E-state index is -0.249. The van der Waals surface area contributed by atoms with Crippen molar-refractivity contribution in [1.82, 2.24) is 0 Å². The van der Waals surface area contributed by atoms with Crippen LogP contribution in [0.3, 0.4) is 0 Å². The minimum Gasteiger partial charge on any atom is -0.143 e. The molecule has 0 fully saturated rings. The van der Waals surface area contributed by atoms with Crippen LogP contribution in [-0.2, 0) is 0 Å². The van der Waals surface area contributed by atoms with Crippen molar-refractivity contribution in [1.29, 1.82) is 0 Å². The Morgan fingerprint density at radius 3 is 2.61 bits per heavy atom. The first-order valence-electron chi connectivity index (χ1n) is 5.21. The van der Waals surface area contributed by atoms with Crippen molar-refractivity contribution in [3.05, 3.63) is 56.2 Å². The Morgan fingerprint density at radius 2 is 1.83 bits per heavy atom. The third-order valence-corrected chi connectivity index (χ3v) is 5.98. The summed E-state index contributed by atoms with van der Waals surface area (Å²) in [6.45, 7) is 0. The number of hydrogen-bond acceptors (Lipinski definition) is 2. The van der Waals surface area contributed by atoms with E-state index in [4.69, 9.17) is 34.8 Å². The Labute approximate surface area is 128 Å². The molecule has 92 valence electrons. The quantitative estimate of drug-likeness (QED) is 0.463. The van der Waals surface area contributed by atoms with E-state index in [1.165, 1.54) is 9.40 Å². The maximum absolute atomic E-state index is 6.51. The summed E-state index contributed by atoms with van der Waals surface area (Å²) in [5, 5.41) is 3.14. The second-order valence-electron chi connectivity index (χ2n) is 3.83. The van der Waals surface area contributed by atoms with Crippen molar-refractivity contribution in [2.24, 2.45) is 0 Å². The molecule has 0 spiro atoms. The van der Waals surface area contributed by atoms with Gasteiger partial charge in [-0.15, -0.1) is 34.3 Å². The van der Waals surface area contributed by atoms with Gasteiger partial charge in [-0.3, -0.25) is 0 Å². The highest BCUT2D eigenvalue weighted by Crippen LogP contribution is 2.41. The zero-order chi connectivity index (χ0) is 12.7. The molecule has 0 aliphatic rings. The zero-order valence-electron chi connectivity index (χ0n) is 8.99. The largest absolute Gasteiger partial charge is 0.143 e. The van der Waals surface area contributed by atoms with E-state index in [1.807, 2.05) is 6.07 Å². The first-order chi connectivity index (χ1) is 8.65. The number of thiophene rings is 2. The van der Waals surface area contributed by atoms with E-state index in [2.05, 4.69) is 17.5 Å². The molecule has 1 unspecified atom stereocenters. The second kappa shape index (κ2) is 5.03. The summed E-state index contributed by atoms with van der Waals surface area (Å²) in [5.74, 6) is 0. The van der Waals surface area contributed by atoms with E-state index in [-0.39, 0.29) is 5.38 Å². The molecule has 18 heavy (non-hydrogen) atoms. The lowest BCUT2D eigenvalue weighted by atomic mass is 10.1. The van der Waals surface area contributed by atoms with Gasteiger partial charge in [0.1, 0.15) is 0 Å². The normalized spacial score (nSPS) is 13.1. The Hall–Kier alpha value is -0.250. The summed E-state index contributed by atoms with van der Waals surface area (Å²) < 4.78 is 2.53. The summed E-state index contributed by atoms with van der Waals surface area (Å²) in [4.78, 5) is 1.10. The van der Waals surface area contributed by atoms with Crippen molar-refractivity contribution in [3.63, 3.8) is 0 Å². The van der Waals surface area contributed by atoms with Gasteiger partial charge in [-0.05, 0) is 41.3 Å². The maximum Gasteiger partial charge on any atom is 0.0943 e. The molecule has 0 saturated heterocycles. The van der Waals surface area contributed by atoms with E-state index >= 15 is 0 Å². The van der Waals surface area contributed by atoms with Gasteiger partial charge in [0, 0.05) is 24.3 Å². The average Bonchev–Trinajstić information content (AvgIpc) is 2.91. The van der Waals surface area contributed by atoms with E-state index in [0.29, 0.717) is 10.0 Å². The van der Waals surface area contributed by atoms with Gasteiger partial charge < -0.3 is 0 Å². The number of halogens is 3. The molecule has 0 saturated carbocycles. The van der Waals surface area contributed by atoms with E-state index in [1.54, 1.807) is 34.8 Å². The molecule has 2 heterocycles. The van der Waals surface area contributed by atoms with Crippen LogP contribution in [0.4, 0.5) is 0 Å². The van der Waals surface area contributed by atoms with Crippen LogP contribution in [0.15, 0.2) is 35.7 Å². The van der Waals surface area contributed by atoms with Gasteiger partial charge in [0.05, 0.1) is 5.38 Å². The number of benzene rings is 1. The summed E-state index contributed by atoms with van der Waals surface area (Å²) in [6.07, 6.45) is 0. The monoisotopic (exact) mass is 332 g/mol. The third-order valence-electron chi connectivity index (χ3n) is 2.64. The Bertz CT molecular complexity index is 671. The Kier molecular flexibility index (Phi) is 3.57. The molecule has 1 atom stereocenters. The Balaban J connectivity index is 2.05. The van der Waals surface area contributed by atoms with Crippen LogP contribution >= 0.6 is 57.5 Å². The molecule has 2 aromatic heterocycles. The van der Waals surface area contributed by atoms with Crippen LogP contribution in [0.2, 0.25) is 10.0 Å². The number of fused-ring (bicyclic) bond motifs is 1. The molecule has 0 nitrogen and oxygen atoms in total. The predicted octanol–water partition coefficient (Wildman–Crippen LogP) is 6.60. The van der Waals surface area contributed by atoms with Crippen molar-refractivity contribution in [2.45, 2.75) is 5.38 Å². The molecule has 3 aromatic rings. The lowest BCUT2D eigenvalue weighted by Gasteiger charge is -2.10. The lowest BCUT2D eigenvalue weighted by molar-refractivity contribution is 1.19. The van der Waals surface area contributed by atoms with Gasteiger partial charge in [-0.2, -0.15) is 0 Å². The maximum atomic E-state index is 6.51. The van der Waals surface area contributed by atoms with Gasteiger partial charge in [0.25, 0.3) is 0 Å². The molecule has 0 aliphatic heterocycles. The fraction of sp³-hybridized carbons (Fsp3) is 0.0769. The summed E-state index contributed by atoms with van der Waals surface area (Å²) in [6, 6.07) is 9.61. The van der Waals surface area contributed by atoms with E-state index in [9.17, 15) is 0 Å². The van der Waals surface area contributed by atoms with Crippen molar-refractivity contribution in [3.8, 4) is 0 Å². The molecule has 0 aliphatic carbocycles. The topological polar surface area (TPSA) is 0 Å². The van der Waals surface area contributed by atoms with Crippen LogP contribution in [0.25, 0.3) is 9.40 Å². The fourth-order valence-corrected chi connectivity index (χ4v) is 4.73. The van der Waals surface area contributed by atoms with Crippen LogP contribution in [-0.4, -0.2) is 0 Å². The predicted molar refractivity (Wildman–Crippen MR) is 83.9 cm³/mol. The van der Waals surface area contributed by atoms with Crippen LogP contribution in [0.5, 0.6) is 0 Å². The first-order valence-corrected chi connectivity index (χ1v) is 8.10. The SMILES string of the molecule is Clc1ccc(Cl)c(C(Cl)c2cc3sccc3s2)c1. The molecule has 0 N–H and O–H groups in total. The summed E-state index contributed by atoms with van der Waals surface area (Å²) >= 11 is 22.1. The first kappa shape index (κ1) is 12.8. The van der Waals surface area contributed by atoms with Crippen molar-refractivity contribution >= 4 is 66.9 Å². The third kappa shape index (κ3) is 2.28. The van der Waals surface area contributed by atoms with Gasteiger partial charge in [0.2, 0.25) is 0 Å². The van der Waals surface area contributed by atoms with Crippen molar-refractivity contribution < 1.29 is 0 Å². The number of alkyl halides is 1. The highest BCUT2D eigenvalue weighted by molar-refractivity contribution is 7.27. The smallest absolute Gasteiger partial charge is 0.0943 e. The van der Waals surface area contributed by atoms with Gasteiger partial charge in [-0.25, -0.2) is 0 Å². The van der Waals surface area contributed by atoms with E-state index < -0.39 is 0 Å². The van der Waals surface area contributed by atoms with Gasteiger partial charge in [0.15, 0.2) is 0 Å². The zero-order valence-corrected chi connectivity index (χ0v) is 12.9. The van der Waals surface area contributed by atoms with Crippen LogP contribution < -0.4 is 0 Å². The van der Waals surface area contributed by atoms with Gasteiger partial charge in [-0.1, -0.05) is 23.2 Å². The highest BCUT2D eigenvalue weighted by Gasteiger charge is 2.17. The lowest BCUT2D eigenvalue weighted by Crippen LogP contribution is -1.91. The van der Waals surface area contributed by atoms with E-state index in [0.717, 1.165) is 10.4 Å². The molecule has 0 amide bonds. The fourth-order valence-electron chi connectivity index (χ4n) is 1.77. The molecular weight excluding hydrogens is 327 g/mol. The second-order valence-corrected chi connectivity index (χ2v) is 7.17. The van der Waals surface area contributed by atoms with Crippen LogP contribution in [0.1, 0.15) is 15.8 Å². The van der Waals surface area contributed by atoms with Gasteiger partial charge >= 0.3 is 0 Å². The number of rotatable bonds is 2. The standard InChI is InChI=1S/C13H7Cl3S2/c14-7-1-2-9(15)8(5-7)13(16)12-6-11-10(18-12)3-4-17-11/h1-6,13H. The molecular formula is C13H7Cl3S2.